The molecule has 1 saturated heterocycles. The zero-order chi connectivity index (χ0) is 18.6. The predicted molar refractivity (Wildman–Crippen MR) is 111 cm³/mol. The fraction of sp³-hybridized carbons (Fsp3) is 0.619. The summed E-state index contributed by atoms with van der Waals surface area (Å²) < 4.78 is 8.03. The smallest absolute Gasteiger partial charge is 0.108 e. The lowest BCUT2D eigenvalue weighted by molar-refractivity contribution is 0.0462. The Balaban J connectivity index is 0.00000261. The Morgan fingerprint density at radius 1 is 1.30 bits per heavy atom. The van der Waals surface area contributed by atoms with E-state index in [0.29, 0.717) is 6.04 Å². The number of rotatable bonds is 8. The first kappa shape index (κ1) is 21.9. The molecule has 0 bridgehead atoms. The Morgan fingerprint density at radius 3 is 2.74 bits per heavy atom. The van der Waals surface area contributed by atoms with E-state index >= 15 is 0 Å². The number of imidazole rings is 1. The highest BCUT2D eigenvalue weighted by Gasteiger charge is 2.40. The quantitative estimate of drug-likeness (QED) is 0.681. The third-order valence-corrected chi connectivity index (χ3v) is 5.84. The molecule has 2 aromatic rings. The number of pyridine rings is 1. The number of ether oxygens (including phenoxy) is 1. The van der Waals surface area contributed by atoms with Gasteiger partial charge >= 0.3 is 0 Å². The molecule has 0 saturated carbocycles. The molecule has 0 radical (unpaired) electrons. The molecule has 0 aromatic carbocycles. The van der Waals surface area contributed by atoms with Crippen molar-refractivity contribution in [1.82, 2.24) is 19.4 Å². The summed E-state index contributed by atoms with van der Waals surface area (Å²) in [6, 6.07) is 4.71. The molecule has 2 atom stereocenters. The van der Waals surface area contributed by atoms with Crippen LogP contribution in [0.2, 0.25) is 0 Å². The maximum absolute atomic E-state index is 5.90. The van der Waals surface area contributed by atoms with Crippen molar-refractivity contribution in [3.05, 3.63) is 47.8 Å². The number of likely N-dealkylation sites (tertiary alicyclic amines) is 1. The molecule has 5 nitrogen and oxygen atoms in total. The second kappa shape index (κ2) is 9.67. The third-order valence-electron chi connectivity index (χ3n) is 5.84. The van der Waals surface area contributed by atoms with Crippen molar-refractivity contribution in [2.24, 2.45) is 12.5 Å². The van der Waals surface area contributed by atoms with E-state index in [9.17, 15) is 0 Å². The van der Waals surface area contributed by atoms with Crippen LogP contribution >= 0.6 is 12.4 Å². The SMILES string of the molecule is CCOC[C@@]1(CCc2nccn2C)CCN(C(C)c2ccc(C)nc2)C1.Cl. The van der Waals surface area contributed by atoms with Crippen LogP contribution in [0.3, 0.4) is 0 Å². The largest absolute Gasteiger partial charge is 0.381 e. The van der Waals surface area contributed by atoms with E-state index in [-0.39, 0.29) is 17.8 Å². The van der Waals surface area contributed by atoms with Crippen LogP contribution in [-0.2, 0) is 18.2 Å². The zero-order valence-electron chi connectivity index (χ0n) is 17.0. The molecule has 3 rings (SSSR count). The summed E-state index contributed by atoms with van der Waals surface area (Å²) in [6.45, 7) is 10.2. The number of nitrogens with zero attached hydrogens (tertiary/aromatic N) is 4. The van der Waals surface area contributed by atoms with Gasteiger partial charge < -0.3 is 9.30 Å². The zero-order valence-corrected chi connectivity index (χ0v) is 17.8. The summed E-state index contributed by atoms with van der Waals surface area (Å²) in [4.78, 5) is 11.6. The lowest BCUT2D eigenvalue weighted by atomic mass is 9.83. The summed E-state index contributed by atoms with van der Waals surface area (Å²) in [5, 5.41) is 0. The van der Waals surface area contributed by atoms with Gasteiger partial charge in [0.2, 0.25) is 0 Å². The second-order valence-electron chi connectivity index (χ2n) is 7.72. The highest BCUT2D eigenvalue weighted by molar-refractivity contribution is 5.85. The predicted octanol–water partition coefficient (Wildman–Crippen LogP) is 3.97. The molecule has 0 amide bonds. The van der Waals surface area contributed by atoms with Crippen molar-refractivity contribution in [3.8, 4) is 0 Å². The van der Waals surface area contributed by atoms with E-state index in [4.69, 9.17) is 4.74 Å². The van der Waals surface area contributed by atoms with Gasteiger partial charge in [-0.2, -0.15) is 0 Å². The Labute approximate surface area is 169 Å². The van der Waals surface area contributed by atoms with Crippen molar-refractivity contribution in [2.75, 3.05) is 26.3 Å². The summed E-state index contributed by atoms with van der Waals surface area (Å²) in [5.41, 5.74) is 2.59. The van der Waals surface area contributed by atoms with Gasteiger partial charge in [-0.15, -0.1) is 12.4 Å². The van der Waals surface area contributed by atoms with Crippen LogP contribution in [0.1, 0.15) is 49.8 Å². The van der Waals surface area contributed by atoms with Crippen LogP contribution in [0, 0.1) is 12.3 Å². The molecule has 1 aliphatic heterocycles. The molecule has 0 N–H and O–H groups in total. The van der Waals surface area contributed by atoms with Gasteiger partial charge in [0.1, 0.15) is 5.82 Å². The highest BCUT2D eigenvalue weighted by Crippen LogP contribution is 2.39. The maximum atomic E-state index is 5.90. The number of halogens is 1. The monoisotopic (exact) mass is 392 g/mol. The van der Waals surface area contributed by atoms with E-state index in [1.807, 2.05) is 25.5 Å². The standard InChI is InChI=1S/C21H32N4O.ClH/c1-5-26-16-21(9-8-20-22-11-13-24(20)4)10-12-25(15-21)18(3)19-7-6-17(2)23-14-19;/h6-7,11,13-14,18H,5,8-10,12,15-16H2,1-4H3;1H/t18?,21-;/m0./s1. The fourth-order valence-corrected chi connectivity index (χ4v) is 3.96. The molecule has 150 valence electrons. The summed E-state index contributed by atoms with van der Waals surface area (Å²) in [7, 11) is 2.07. The minimum absolute atomic E-state index is 0. The molecule has 3 heterocycles. The Hall–Kier alpha value is -1.43. The van der Waals surface area contributed by atoms with Crippen LogP contribution in [-0.4, -0.2) is 45.7 Å². The summed E-state index contributed by atoms with van der Waals surface area (Å²) in [5.74, 6) is 1.16. The minimum atomic E-state index is 0. The topological polar surface area (TPSA) is 43.2 Å². The number of aromatic nitrogens is 3. The minimum Gasteiger partial charge on any atom is -0.381 e. The summed E-state index contributed by atoms with van der Waals surface area (Å²) in [6.07, 6.45) is 9.24. The molecular formula is C21H33ClN4O. The van der Waals surface area contributed by atoms with Gasteiger partial charge in [0.25, 0.3) is 0 Å². The van der Waals surface area contributed by atoms with Crippen molar-refractivity contribution in [2.45, 2.75) is 46.1 Å². The van der Waals surface area contributed by atoms with Crippen LogP contribution < -0.4 is 0 Å². The number of hydrogen-bond acceptors (Lipinski definition) is 4. The van der Waals surface area contributed by atoms with Crippen LogP contribution in [0.25, 0.3) is 0 Å². The molecule has 6 heteroatoms. The molecule has 0 aliphatic carbocycles. The Bertz CT molecular complexity index is 702. The van der Waals surface area contributed by atoms with E-state index in [2.05, 4.69) is 52.5 Å². The van der Waals surface area contributed by atoms with Crippen molar-refractivity contribution in [1.29, 1.82) is 0 Å². The Kier molecular flexibility index (Phi) is 7.83. The molecule has 0 spiro atoms. The van der Waals surface area contributed by atoms with Crippen molar-refractivity contribution >= 4 is 12.4 Å². The molecule has 27 heavy (non-hydrogen) atoms. The molecule has 2 aromatic heterocycles. The van der Waals surface area contributed by atoms with Crippen molar-refractivity contribution < 1.29 is 4.74 Å². The van der Waals surface area contributed by atoms with E-state index in [1.54, 1.807) is 0 Å². The molecule has 1 unspecified atom stereocenters. The first-order valence-electron chi connectivity index (χ1n) is 9.73. The third kappa shape index (κ3) is 5.31. The Morgan fingerprint density at radius 2 is 2.11 bits per heavy atom. The average molecular weight is 393 g/mol. The number of aryl methyl sites for hydroxylation is 3. The van der Waals surface area contributed by atoms with Gasteiger partial charge in [-0.3, -0.25) is 9.88 Å². The van der Waals surface area contributed by atoms with E-state index < -0.39 is 0 Å². The van der Waals surface area contributed by atoms with Gasteiger partial charge in [0, 0.05) is 62.4 Å². The van der Waals surface area contributed by atoms with Gasteiger partial charge in [0.05, 0.1) is 6.61 Å². The lowest BCUT2D eigenvalue weighted by Crippen LogP contribution is -2.33. The normalized spacial score (nSPS) is 21.2. The van der Waals surface area contributed by atoms with Gasteiger partial charge in [0.15, 0.2) is 0 Å². The van der Waals surface area contributed by atoms with Crippen molar-refractivity contribution in [3.63, 3.8) is 0 Å². The van der Waals surface area contributed by atoms with Gasteiger partial charge in [-0.1, -0.05) is 6.07 Å². The van der Waals surface area contributed by atoms with Crippen LogP contribution in [0.5, 0.6) is 0 Å². The lowest BCUT2D eigenvalue weighted by Gasteiger charge is -2.31. The van der Waals surface area contributed by atoms with Gasteiger partial charge in [-0.05, 0) is 51.8 Å². The second-order valence-corrected chi connectivity index (χ2v) is 7.72. The van der Waals surface area contributed by atoms with Crippen LogP contribution in [0.4, 0.5) is 0 Å². The molecule has 1 aliphatic rings. The highest BCUT2D eigenvalue weighted by atomic mass is 35.5. The van der Waals surface area contributed by atoms with E-state index in [0.717, 1.165) is 50.7 Å². The number of hydrogen-bond donors (Lipinski definition) is 0. The van der Waals surface area contributed by atoms with Crippen LogP contribution in [0.15, 0.2) is 30.7 Å². The first-order chi connectivity index (χ1) is 12.5. The van der Waals surface area contributed by atoms with E-state index in [1.165, 1.54) is 12.0 Å². The van der Waals surface area contributed by atoms with Gasteiger partial charge in [-0.25, -0.2) is 4.98 Å². The average Bonchev–Trinajstić information content (AvgIpc) is 3.25. The first-order valence-corrected chi connectivity index (χ1v) is 9.73. The molecule has 1 fully saturated rings. The summed E-state index contributed by atoms with van der Waals surface area (Å²) >= 11 is 0. The maximum Gasteiger partial charge on any atom is 0.108 e. The molecular weight excluding hydrogens is 360 g/mol. The fourth-order valence-electron chi connectivity index (χ4n) is 3.96.